The number of isothiocyanates is 1. The van der Waals surface area contributed by atoms with Crippen molar-refractivity contribution in [2.24, 2.45) is 4.99 Å². The van der Waals surface area contributed by atoms with Crippen molar-refractivity contribution >= 4 is 46.9 Å². The molecular weight excluding hydrogens is 480 g/mol. The molecule has 2 atom stereocenters. The van der Waals surface area contributed by atoms with Crippen LogP contribution < -0.4 is 5.32 Å². The van der Waals surface area contributed by atoms with E-state index in [0.717, 1.165) is 6.42 Å². The van der Waals surface area contributed by atoms with Crippen LogP contribution in [0, 0.1) is 0 Å². The summed E-state index contributed by atoms with van der Waals surface area (Å²) in [6.45, 7) is 0.572. The monoisotopic (exact) mass is 508 g/mol. The van der Waals surface area contributed by atoms with Crippen molar-refractivity contribution in [2.75, 3.05) is 32.7 Å². The summed E-state index contributed by atoms with van der Waals surface area (Å²) in [7, 11) is 0. The Labute approximate surface area is 206 Å². The van der Waals surface area contributed by atoms with E-state index in [9.17, 15) is 29.4 Å². The SMILES string of the molecule is O=C(O)CN1CCC[C@H]1CN(CCNC(C(=O)O)C(=O)O)[C@H](Cc1ccc(N=C=S)cc1)C(=O)O. The summed E-state index contributed by atoms with van der Waals surface area (Å²) in [6, 6.07) is 3.73. The maximum Gasteiger partial charge on any atom is 0.332 e. The van der Waals surface area contributed by atoms with Gasteiger partial charge in [-0.25, -0.2) is 9.59 Å². The van der Waals surface area contributed by atoms with E-state index in [1.807, 2.05) is 0 Å². The molecule has 1 heterocycles. The molecule has 1 aromatic carbocycles. The van der Waals surface area contributed by atoms with Gasteiger partial charge in [-0.05, 0) is 55.7 Å². The minimum atomic E-state index is -1.83. The van der Waals surface area contributed by atoms with Gasteiger partial charge in [-0.1, -0.05) is 12.1 Å². The summed E-state index contributed by atoms with van der Waals surface area (Å²) >= 11 is 4.58. The molecule has 12 nitrogen and oxygen atoms in total. The Morgan fingerprint density at radius 3 is 2.31 bits per heavy atom. The Kier molecular flexibility index (Phi) is 10.9. The van der Waals surface area contributed by atoms with Crippen LogP contribution in [0.2, 0.25) is 0 Å². The summed E-state index contributed by atoms with van der Waals surface area (Å²) in [5.41, 5.74) is 1.28. The molecule has 5 N–H and O–H groups in total. The second-order valence-corrected chi connectivity index (χ2v) is 8.33. The molecule has 0 amide bonds. The number of thiocarbonyl (C=S) groups is 1. The van der Waals surface area contributed by atoms with Gasteiger partial charge in [0.2, 0.25) is 6.04 Å². The summed E-state index contributed by atoms with van der Waals surface area (Å²) in [4.78, 5) is 53.1. The smallest absolute Gasteiger partial charge is 0.332 e. The van der Waals surface area contributed by atoms with Crippen molar-refractivity contribution < 1.29 is 39.6 Å². The molecule has 0 saturated carbocycles. The fourth-order valence-corrected chi connectivity index (χ4v) is 4.22. The van der Waals surface area contributed by atoms with Crippen molar-refractivity contribution in [1.82, 2.24) is 15.1 Å². The summed E-state index contributed by atoms with van der Waals surface area (Å²) < 4.78 is 0. The van der Waals surface area contributed by atoms with Gasteiger partial charge in [-0.3, -0.25) is 24.7 Å². The van der Waals surface area contributed by atoms with Gasteiger partial charge in [-0.2, -0.15) is 4.99 Å². The molecule has 0 aliphatic carbocycles. The summed E-state index contributed by atoms with van der Waals surface area (Å²) in [5.74, 6) is -5.20. The molecule has 1 fully saturated rings. The Bertz CT molecular complexity index is 953. The number of hydrogen-bond acceptors (Lipinski definition) is 9. The van der Waals surface area contributed by atoms with Crippen LogP contribution in [-0.2, 0) is 25.6 Å². The zero-order chi connectivity index (χ0) is 26.0. The number of rotatable bonds is 15. The molecule has 0 spiro atoms. The molecular formula is C22H28N4O8S. The lowest BCUT2D eigenvalue weighted by Gasteiger charge is -2.34. The standard InChI is InChI=1S/C22H28N4O8S/c27-18(28)12-25-8-1-2-16(25)11-26(9-7-23-19(21(31)32)22(33)34)17(20(29)30)10-14-3-5-15(6-4-14)24-13-35/h3-6,16-17,19,23H,1-2,7-12H2,(H,27,28)(H,29,30)(H,31,32)(H,33,34)/t16-,17+/m0/s1. The van der Waals surface area contributed by atoms with Crippen LogP contribution in [-0.4, -0.2) is 110 Å². The summed E-state index contributed by atoms with van der Waals surface area (Å²) in [5, 5.41) is 42.0. The van der Waals surface area contributed by atoms with Crippen molar-refractivity contribution in [1.29, 1.82) is 0 Å². The number of nitrogens with zero attached hydrogens (tertiary/aromatic N) is 3. The lowest BCUT2D eigenvalue weighted by Crippen LogP contribution is -2.53. The maximum atomic E-state index is 12.3. The number of aliphatic imine (C=N–C) groups is 1. The lowest BCUT2D eigenvalue weighted by atomic mass is 10.0. The van der Waals surface area contributed by atoms with Gasteiger partial charge in [0.15, 0.2) is 0 Å². The molecule has 2 rings (SSSR count). The first kappa shape index (κ1) is 28.0. The number of aliphatic carboxylic acids is 4. The highest BCUT2D eigenvalue weighted by Gasteiger charge is 2.33. The van der Waals surface area contributed by atoms with E-state index in [-0.39, 0.29) is 38.6 Å². The number of likely N-dealkylation sites (tertiary alicyclic amines) is 1. The van der Waals surface area contributed by atoms with Crippen LogP contribution in [0.4, 0.5) is 5.69 Å². The zero-order valence-electron chi connectivity index (χ0n) is 18.9. The van der Waals surface area contributed by atoms with Gasteiger partial charge in [-0.15, -0.1) is 0 Å². The number of benzene rings is 1. The predicted molar refractivity (Wildman–Crippen MR) is 127 cm³/mol. The normalized spacial score (nSPS) is 16.7. The molecule has 1 aliphatic heterocycles. The van der Waals surface area contributed by atoms with Gasteiger partial charge in [0.1, 0.15) is 6.04 Å². The van der Waals surface area contributed by atoms with E-state index in [2.05, 4.69) is 27.7 Å². The first-order valence-corrected chi connectivity index (χ1v) is 11.3. The fraction of sp³-hybridized carbons (Fsp3) is 0.500. The molecule has 0 unspecified atom stereocenters. The predicted octanol–water partition coefficient (Wildman–Crippen LogP) is 0.395. The van der Waals surface area contributed by atoms with E-state index >= 15 is 0 Å². The van der Waals surface area contributed by atoms with Crippen LogP contribution >= 0.6 is 12.2 Å². The maximum absolute atomic E-state index is 12.3. The number of hydrogen-bond donors (Lipinski definition) is 5. The second kappa shape index (κ2) is 13.6. The number of carboxylic acid groups (broad SMARTS) is 4. The van der Waals surface area contributed by atoms with Crippen LogP contribution in [0.1, 0.15) is 18.4 Å². The second-order valence-electron chi connectivity index (χ2n) is 8.15. The number of carboxylic acids is 4. The molecule has 13 heteroatoms. The van der Waals surface area contributed by atoms with Gasteiger partial charge in [0.25, 0.3) is 0 Å². The number of nitrogens with one attached hydrogen (secondary N) is 1. The average molecular weight is 509 g/mol. The van der Waals surface area contributed by atoms with E-state index < -0.39 is 36.0 Å². The lowest BCUT2D eigenvalue weighted by molar-refractivity contribution is -0.151. The molecule has 1 saturated heterocycles. The Morgan fingerprint density at radius 1 is 1.11 bits per heavy atom. The highest BCUT2D eigenvalue weighted by Crippen LogP contribution is 2.21. The van der Waals surface area contributed by atoms with Crippen LogP contribution in [0.3, 0.4) is 0 Å². The minimum Gasteiger partial charge on any atom is -0.480 e. The fourth-order valence-electron chi connectivity index (χ4n) is 4.12. The minimum absolute atomic E-state index is 0.0404. The van der Waals surface area contributed by atoms with E-state index in [1.165, 1.54) is 0 Å². The van der Waals surface area contributed by atoms with Crippen molar-refractivity contribution in [2.45, 2.75) is 37.4 Å². The highest BCUT2D eigenvalue weighted by molar-refractivity contribution is 7.78. The molecule has 190 valence electrons. The van der Waals surface area contributed by atoms with Crippen LogP contribution in [0.5, 0.6) is 0 Å². The van der Waals surface area contributed by atoms with Gasteiger partial charge < -0.3 is 20.4 Å². The molecule has 35 heavy (non-hydrogen) atoms. The quantitative estimate of drug-likeness (QED) is 0.125. The highest BCUT2D eigenvalue weighted by atomic mass is 32.1. The largest absolute Gasteiger partial charge is 0.480 e. The van der Waals surface area contributed by atoms with Gasteiger partial charge in [0.05, 0.1) is 17.4 Å². The van der Waals surface area contributed by atoms with E-state index in [0.29, 0.717) is 24.2 Å². The van der Waals surface area contributed by atoms with Crippen molar-refractivity contribution in [3.05, 3.63) is 29.8 Å². The zero-order valence-corrected chi connectivity index (χ0v) is 19.7. The van der Waals surface area contributed by atoms with Crippen LogP contribution in [0.25, 0.3) is 0 Å². The third kappa shape index (κ3) is 8.81. The topological polar surface area (TPSA) is 180 Å². The first-order chi connectivity index (χ1) is 16.6. The third-order valence-corrected chi connectivity index (χ3v) is 5.88. The Morgan fingerprint density at radius 2 is 1.77 bits per heavy atom. The Balaban J connectivity index is 2.22. The first-order valence-electron chi connectivity index (χ1n) is 10.9. The Hall–Kier alpha value is -3.22. The van der Waals surface area contributed by atoms with E-state index in [1.54, 1.807) is 34.1 Å². The van der Waals surface area contributed by atoms with Crippen LogP contribution in [0.15, 0.2) is 29.3 Å². The third-order valence-electron chi connectivity index (χ3n) is 5.79. The molecule has 0 bridgehead atoms. The van der Waals surface area contributed by atoms with Gasteiger partial charge >= 0.3 is 23.9 Å². The average Bonchev–Trinajstić information content (AvgIpc) is 3.20. The van der Waals surface area contributed by atoms with Gasteiger partial charge in [0, 0.05) is 25.7 Å². The van der Waals surface area contributed by atoms with Crippen molar-refractivity contribution in [3.8, 4) is 0 Å². The van der Waals surface area contributed by atoms with E-state index in [4.69, 9.17) is 10.2 Å². The molecule has 0 radical (unpaired) electrons. The molecule has 0 aromatic heterocycles. The molecule has 1 aliphatic rings. The summed E-state index contributed by atoms with van der Waals surface area (Å²) in [6.07, 6.45) is 1.56. The number of carbonyl (C=O) groups is 4. The van der Waals surface area contributed by atoms with Crippen molar-refractivity contribution in [3.63, 3.8) is 0 Å². The molecule has 1 aromatic rings.